The van der Waals surface area contributed by atoms with E-state index in [-0.39, 0.29) is 25.6 Å². The van der Waals surface area contributed by atoms with Crippen LogP contribution in [0, 0.1) is 0 Å². The van der Waals surface area contributed by atoms with Crippen LogP contribution in [-0.2, 0) is 23.3 Å². The molecule has 9 heteroatoms. The lowest BCUT2D eigenvalue weighted by molar-refractivity contribution is -0.147. The second-order valence-electron chi connectivity index (χ2n) is 12.0. The highest BCUT2D eigenvalue weighted by Crippen LogP contribution is 2.58. The van der Waals surface area contributed by atoms with Crippen LogP contribution in [0.5, 0.6) is 0 Å². The van der Waals surface area contributed by atoms with Crippen molar-refractivity contribution >= 4 is 39.8 Å². The van der Waals surface area contributed by atoms with Crippen molar-refractivity contribution in [1.29, 1.82) is 0 Å². The van der Waals surface area contributed by atoms with Crippen LogP contribution in [0.4, 0.5) is 15.3 Å². The summed E-state index contributed by atoms with van der Waals surface area (Å²) in [5.74, 6) is -0.787. The summed E-state index contributed by atoms with van der Waals surface area (Å²) in [6.45, 7) is 9.01. The van der Waals surface area contributed by atoms with Crippen molar-refractivity contribution < 1.29 is 28.6 Å². The lowest BCUT2D eigenvalue weighted by Gasteiger charge is -2.36. The lowest BCUT2D eigenvalue weighted by atomic mass is 9.96. The van der Waals surface area contributed by atoms with E-state index in [2.05, 4.69) is 34.6 Å². The molecule has 8 nitrogen and oxygen atoms in total. The monoisotopic (exact) mass is 644 g/mol. The lowest BCUT2D eigenvalue weighted by Crippen LogP contribution is -2.56. The number of fused-ring (bicyclic) bond motifs is 6. The van der Waals surface area contributed by atoms with Crippen LogP contribution in [-0.4, -0.2) is 54.1 Å². The van der Waals surface area contributed by atoms with E-state index in [0.717, 1.165) is 27.8 Å². The van der Waals surface area contributed by atoms with E-state index in [0.29, 0.717) is 5.69 Å². The van der Waals surface area contributed by atoms with Gasteiger partial charge in [-0.15, -0.1) is 0 Å². The minimum atomic E-state index is -1.03. The smallest absolute Gasteiger partial charge is 0.416 e. The van der Waals surface area contributed by atoms with Gasteiger partial charge in [-0.05, 0) is 54.7 Å². The van der Waals surface area contributed by atoms with Crippen molar-refractivity contribution in [3.05, 3.63) is 102 Å². The van der Waals surface area contributed by atoms with Crippen LogP contribution in [0.1, 0.15) is 49.8 Å². The van der Waals surface area contributed by atoms with Gasteiger partial charge in [-0.2, -0.15) is 0 Å². The number of benzene rings is 3. The first-order chi connectivity index (χ1) is 20.5. The molecular formula is C34H33BrN2O6. The van der Waals surface area contributed by atoms with Crippen LogP contribution in [0.15, 0.2) is 85.5 Å². The maximum atomic E-state index is 14.2. The Morgan fingerprint density at radius 3 is 2.16 bits per heavy atom. The summed E-state index contributed by atoms with van der Waals surface area (Å²) >= 11 is 3.88. The molecule has 2 amide bonds. The largest absolute Gasteiger partial charge is 0.460 e. The number of anilines is 1. The number of carbonyl (C=O) groups excluding carboxylic acids is 3. The molecule has 2 aliphatic heterocycles. The van der Waals surface area contributed by atoms with E-state index in [1.807, 2.05) is 60.7 Å². The predicted octanol–water partition coefficient (Wildman–Crippen LogP) is 7.11. The number of esters is 1. The zero-order valence-electron chi connectivity index (χ0n) is 24.3. The van der Waals surface area contributed by atoms with Crippen molar-refractivity contribution in [1.82, 2.24) is 4.90 Å². The van der Waals surface area contributed by atoms with E-state index < -0.39 is 40.3 Å². The average molecular weight is 646 g/mol. The van der Waals surface area contributed by atoms with E-state index >= 15 is 0 Å². The van der Waals surface area contributed by atoms with Crippen LogP contribution >= 0.6 is 15.9 Å². The molecule has 0 saturated carbocycles. The molecule has 0 bridgehead atoms. The highest BCUT2D eigenvalue weighted by Gasteiger charge is 2.65. The number of likely N-dealkylation sites (tertiary alicyclic amines) is 1. The third-order valence-electron chi connectivity index (χ3n) is 8.11. The van der Waals surface area contributed by atoms with Crippen molar-refractivity contribution in [2.75, 3.05) is 18.1 Å². The van der Waals surface area contributed by atoms with E-state index in [1.54, 1.807) is 20.8 Å². The summed E-state index contributed by atoms with van der Waals surface area (Å²) in [6, 6.07) is 22.5. The van der Waals surface area contributed by atoms with Gasteiger partial charge in [0, 0.05) is 12.3 Å². The van der Waals surface area contributed by atoms with Crippen LogP contribution in [0.25, 0.3) is 11.1 Å². The Morgan fingerprint density at radius 1 is 0.930 bits per heavy atom. The SMILES string of the molecule is C=CCOC(=O)[C@@H]1C[C@@]2(Br)c3ccccc3N(C(=O)OC(C)(C)C)[C@H]2N1C(=O)OCC1c2ccccc2-c2ccccc21. The van der Waals surface area contributed by atoms with Gasteiger partial charge >= 0.3 is 18.2 Å². The normalized spacial score (nSPS) is 21.9. The fraction of sp³-hybridized carbons (Fsp3) is 0.324. The summed E-state index contributed by atoms with van der Waals surface area (Å²) in [5.41, 5.74) is 4.91. The topological polar surface area (TPSA) is 85.4 Å². The van der Waals surface area contributed by atoms with E-state index in [1.165, 1.54) is 15.9 Å². The number of amides is 2. The van der Waals surface area contributed by atoms with E-state index in [4.69, 9.17) is 14.2 Å². The van der Waals surface area contributed by atoms with Crippen molar-refractivity contribution in [2.45, 2.75) is 55.2 Å². The van der Waals surface area contributed by atoms with Gasteiger partial charge in [-0.3, -0.25) is 9.80 Å². The Labute approximate surface area is 259 Å². The van der Waals surface area contributed by atoms with Gasteiger partial charge in [0.05, 0.1) is 10.0 Å². The minimum Gasteiger partial charge on any atom is -0.460 e. The van der Waals surface area contributed by atoms with Gasteiger partial charge in [-0.25, -0.2) is 14.4 Å². The quantitative estimate of drug-likeness (QED) is 0.127. The Balaban J connectivity index is 1.37. The second kappa shape index (κ2) is 10.9. The third-order valence-corrected chi connectivity index (χ3v) is 9.27. The van der Waals surface area contributed by atoms with Gasteiger partial charge in [-0.1, -0.05) is 95.3 Å². The predicted molar refractivity (Wildman–Crippen MR) is 166 cm³/mol. The van der Waals surface area contributed by atoms with Gasteiger partial charge < -0.3 is 14.2 Å². The van der Waals surface area contributed by atoms with Crippen molar-refractivity contribution in [3.63, 3.8) is 0 Å². The fourth-order valence-corrected chi connectivity index (χ4v) is 7.53. The molecule has 1 fully saturated rings. The summed E-state index contributed by atoms with van der Waals surface area (Å²) < 4.78 is 16.3. The number of halogens is 1. The Bertz CT molecular complexity index is 1570. The molecule has 0 N–H and O–H groups in total. The Hall–Kier alpha value is -4.11. The minimum absolute atomic E-state index is 0.0137. The maximum Gasteiger partial charge on any atom is 0.416 e. The van der Waals surface area contributed by atoms with Crippen LogP contribution in [0.2, 0.25) is 0 Å². The molecule has 0 unspecified atom stereocenters. The summed E-state index contributed by atoms with van der Waals surface area (Å²) in [6.07, 6.45) is -0.680. The maximum absolute atomic E-state index is 14.2. The van der Waals surface area contributed by atoms with Gasteiger partial charge in [0.15, 0.2) is 0 Å². The molecule has 3 aromatic rings. The molecule has 43 heavy (non-hydrogen) atoms. The second-order valence-corrected chi connectivity index (χ2v) is 13.4. The van der Waals surface area contributed by atoms with Crippen molar-refractivity contribution in [3.8, 4) is 11.1 Å². The number of hydrogen-bond donors (Lipinski definition) is 0. The molecule has 222 valence electrons. The average Bonchev–Trinajstić information content (AvgIpc) is 3.56. The molecule has 0 spiro atoms. The summed E-state index contributed by atoms with van der Waals surface area (Å²) in [7, 11) is 0. The number of alkyl halides is 1. The van der Waals surface area contributed by atoms with Crippen LogP contribution in [0.3, 0.4) is 0 Å². The number of nitrogens with zero attached hydrogens (tertiary/aromatic N) is 2. The van der Waals surface area contributed by atoms with Crippen molar-refractivity contribution in [2.24, 2.45) is 0 Å². The molecule has 3 aliphatic rings. The zero-order chi connectivity index (χ0) is 30.5. The Morgan fingerprint density at radius 2 is 1.53 bits per heavy atom. The first-order valence-electron chi connectivity index (χ1n) is 14.3. The highest BCUT2D eigenvalue weighted by atomic mass is 79.9. The van der Waals surface area contributed by atoms with Gasteiger partial charge in [0.2, 0.25) is 0 Å². The molecule has 0 aromatic heterocycles. The third kappa shape index (κ3) is 4.89. The molecule has 2 heterocycles. The van der Waals surface area contributed by atoms with E-state index in [9.17, 15) is 14.4 Å². The fourth-order valence-electron chi connectivity index (χ4n) is 6.46. The molecular weight excluding hydrogens is 612 g/mol. The Kier molecular flexibility index (Phi) is 7.32. The molecule has 3 atom stereocenters. The zero-order valence-corrected chi connectivity index (χ0v) is 25.9. The highest BCUT2D eigenvalue weighted by molar-refractivity contribution is 9.09. The first-order valence-corrected chi connectivity index (χ1v) is 15.1. The number of rotatable bonds is 5. The standard InChI is InChI=1S/C34H33BrN2O6/c1-5-18-41-29(38)28-19-34(35)26-16-10-11-17-27(26)36(32(40)43-33(2,3)4)30(34)37(28)31(39)42-20-25-23-14-8-6-12-21(23)22-13-7-9-15-24(22)25/h5-17,25,28,30H,1,18-20H2,2-4H3/t28-,30-,34+/m0/s1. The van der Waals surface area contributed by atoms with Crippen LogP contribution < -0.4 is 4.90 Å². The number of hydrogen-bond acceptors (Lipinski definition) is 6. The molecule has 6 rings (SSSR count). The molecule has 1 aliphatic carbocycles. The van der Waals surface area contributed by atoms with Gasteiger partial charge in [0.1, 0.15) is 31.0 Å². The summed E-state index contributed by atoms with van der Waals surface area (Å²) in [5, 5.41) is 0. The van der Waals surface area contributed by atoms with Gasteiger partial charge in [0.25, 0.3) is 0 Å². The first kappa shape index (κ1) is 29.0. The summed E-state index contributed by atoms with van der Waals surface area (Å²) in [4.78, 5) is 44.1. The molecule has 3 aromatic carbocycles. The number of para-hydroxylation sites is 1. The number of ether oxygens (including phenoxy) is 3. The molecule has 1 saturated heterocycles. The number of carbonyl (C=O) groups is 3. The molecule has 0 radical (unpaired) electrons.